The van der Waals surface area contributed by atoms with E-state index in [2.05, 4.69) is 11.6 Å². The zero-order valence-corrected chi connectivity index (χ0v) is 16.3. The first-order chi connectivity index (χ1) is 11.5. The quantitative estimate of drug-likeness (QED) is 0.528. The van der Waals surface area contributed by atoms with Crippen LogP contribution in [0.4, 0.5) is 5.69 Å². The Hall–Kier alpha value is -0.620. The van der Waals surface area contributed by atoms with Crippen LogP contribution in [0, 0.1) is 5.92 Å². The highest BCUT2D eigenvalue weighted by molar-refractivity contribution is 7.97. The first-order valence-electron chi connectivity index (χ1n) is 8.43. The van der Waals surface area contributed by atoms with Gasteiger partial charge in [0.25, 0.3) is 0 Å². The first kappa shape index (κ1) is 19.7. The number of nitrogen functional groups attached to an aromatic ring is 1. The third-order valence-electron chi connectivity index (χ3n) is 4.30. The minimum Gasteiger partial charge on any atom is -0.396 e. The summed E-state index contributed by atoms with van der Waals surface area (Å²) in [7, 11) is 0. The second-order valence-corrected chi connectivity index (χ2v) is 7.99. The molecule has 1 heterocycles. The lowest BCUT2D eigenvalue weighted by Gasteiger charge is -2.33. The summed E-state index contributed by atoms with van der Waals surface area (Å²) in [4.78, 5) is 15.2. The number of anilines is 1. The molecule has 24 heavy (non-hydrogen) atoms. The van der Waals surface area contributed by atoms with Crippen molar-refractivity contribution in [3.63, 3.8) is 0 Å². The number of rotatable bonds is 7. The molecule has 0 radical (unpaired) electrons. The molecular weight excluding hydrogens is 365 g/mol. The van der Waals surface area contributed by atoms with E-state index in [1.54, 1.807) is 12.1 Å². The van der Waals surface area contributed by atoms with E-state index in [0.717, 1.165) is 24.4 Å². The molecule has 4 nitrogen and oxygen atoms in total. The number of nitrogens with zero attached hydrogens (tertiary/aromatic N) is 1. The third kappa shape index (κ3) is 5.73. The number of benzene rings is 1. The van der Waals surface area contributed by atoms with Gasteiger partial charge in [0.15, 0.2) is 0 Å². The van der Waals surface area contributed by atoms with Crippen LogP contribution in [0.5, 0.6) is 0 Å². The van der Waals surface area contributed by atoms with Gasteiger partial charge >= 0.3 is 0 Å². The number of halogens is 2. The summed E-state index contributed by atoms with van der Waals surface area (Å²) in [6.45, 7) is 4.27. The van der Waals surface area contributed by atoms with Crippen LogP contribution in [-0.4, -0.2) is 30.4 Å². The molecule has 0 unspecified atom stereocenters. The third-order valence-corrected chi connectivity index (χ3v) is 5.69. The maximum atomic E-state index is 12.4. The molecule has 0 bridgehead atoms. The fraction of sp³-hybridized carbons (Fsp3) is 0.588. The van der Waals surface area contributed by atoms with Crippen LogP contribution in [0.25, 0.3) is 0 Å². The lowest BCUT2D eigenvalue weighted by Crippen LogP contribution is -2.43. The van der Waals surface area contributed by atoms with Crippen LogP contribution in [0.15, 0.2) is 17.0 Å². The molecule has 0 aliphatic carbocycles. The molecule has 3 N–H and O–H groups in total. The minimum absolute atomic E-state index is 0.149. The smallest absolute Gasteiger partial charge is 0.237 e. The van der Waals surface area contributed by atoms with E-state index in [9.17, 15) is 4.79 Å². The predicted octanol–water partition coefficient (Wildman–Crippen LogP) is 4.60. The number of hydrogen-bond acceptors (Lipinski definition) is 4. The topological polar surface area (TPSA) is 58.4 Å². The van der Waals surface area contributed by atoms with Crippen LogP contribution in [0.2, 0.25) is 10.0 Å². The van der Waals surface area contributed by atoms with E-state index in [4.69, 9.17) is 28.9 Å². The number of amides is 1. The second kappa shape index (κ2) is 9.76. The molecule has 2 rings (SSSR count). The summed E-state index contributed by atoms with van der Waals surface area (Å²) in [5.41, 5.74) is 6.10. The minimum atomic E-state index is 0.149. The molecule has 1 atom stereocenters. The molecule has 1 saturated heterocycles. The van der Waals surface area contributed by atoms with Crippen molar-refractivity contribution in [2.24, 2.45) is 5.92 Å². The Bertz CT molecular complexity index is 548. The van der Waals surface area contributed by atoms with E-state index in [1.165, 1.54) is 37.6 Å². The molecule has 0 aromatic heterocycles. The highest BCUT2D eigenvalue weighted by Gasteiger charge is 2.22. The summed E-state index contributed by atoms with van der Waals surface area (Å²) >= 11 is 13.4. The van der Waals surface area contributed by atoms with Gasteiger partial charge in [0.2, 0.25) is 5.91 Å². The summed E-state index contributed by atoms with van der Waals surface area (Å²) < 4.78 is 3.10. The Kier molecular flexibility index (Phi) is 8.01. The maximum absolute atomic E-state index is 12.4. The van der Waals surface area contributed by atoms with Crippen molar-refractivity contribution >= 4 is 46.7 Å². The zero-order chi connectivity index (χ0) is 17.5. The molecule has 7 heteroatoms. The van der Waals surface area contributed by atoms with Crippen LogP contribution >= 0.6 is 35.1 Å². The second-order valence-electron chi connectivity index (χ2n) is 6.21. The summed E-state index contributed by atoms with van der Waals surface area (Å²) in [5.74, 6) is 0.807. The van der Waals surface area contributed by atoms with E-state index in [-0.39, 0.29) is 5.91 Å². The van der Waals surface area contributed by atoms with Gasteiger partial charge in [0.05, 0.1) is 22.3 Å². The summed E-state index contributed by atoms with van der Waals surface area (Å²) in [6, 6.07) is 3.49. The van der Waals surface area contributed by atoms with Crippen molar-refractivity contribution in [3.05, 3.63) is 22.2 Å². The average molecular weight is 390 g/mol. The predicted molar refractivity (Wildman–Crippen MR) is 104 cm³/mol. The molecule has 0 saturated carbocycles. The van der Waals surface area contributed by atoms with Gasteiger partial charge in [-0.25, -0.2) is 0 Å². The van der Waals surface area contributed by atoms with Crippen molar-refractivity contribution in [1.82, 2.24) is 9.62 Å². The lowest BCUT2D eigenvalue weighted by atomic mass is 9.93. The van der Waals surface area contributed by atoms with E-state index >= 15 is 0 Å². The van der Waals surface area contributed by atoms with Gasteiger partial charge in [-0.1, -0.05) is 43.0 Å². The molecular formula is C17H25Cl2N3OS. The monoisotopic (exact) mass is 389 g/mol. The lowest BCUT2D eigenvalue weighted by molar-refractivity contribution is -0.131. The Morgan fingerprint density at radius 2 is 2.12 bits per heavy atom. The fourth-order valence-electron chi connectivity index (χ4n) is 2.93. The number of unbranched alkanes of at least 4 members (excludes halogenated alkanes) is 1. The zero-order valence-electron chi connectivity index (χ0n) is 14.0. The van der Waals surface area contributed by atoms with Gasteiger partial charge in [-0.05, 0) is 49.3 Å². The Morgan fingerprint density at radius 3 is 2.79 bits per heavy atom. The SMILES string of the molecule is CCCC[C@@H]1CCCN(C(=O)CNSc2cc(Cl)c(N)c(Cl)c2)C1. The van der Waals surface area contributed by atoms with Crippen molar-refractivity contribution in [2.75, 3.05) is 25.4 Å². The molecule has 1 fully saturated rings. The van der Waals surface area contributed by atoms with Crippen LogP contribution in [-0.2, 0) is 4.79 Å². The van der Waals surface area contributed by atoms with Crippen molar-refractivity contribution in [2.45, 2.75) is 43.9 Å². The molecule has 134 valence electrons. The van der Waals surface area contributed by atoms with E-state index in [0.29, 0.717) is 28.2 Å². The summed E-state index contributed by atoms with van der Waals surface area (Å²) in [5, 5.41) is 0.848. The van der Waals surface area contributed by atoms with Crippen molar-refractivity contribution in [1.29, 1.82) is 0 Å². The van der Waals surface area contributed by atoms with Gasteiger partial charge in [0, 0.05) is 18.0 Å². The van der Waals surface area contributed by atoms with Crippen LogP contribution < -0.4 is 10.5 Å². The van der Waals surface area contributed by atoms with Gasteiger partial charge in [0.1, 0.15) is 0 Å². The Labute approximate surface area is 158 Å². The van der Waals surface area contributed by atoms with Crippen LogP contribution in [0.3, 0.4) is 0 Å². The number of hydrogen-bond donors (Lipinski definition) is 2. The standard InChI is InChI=1S/C17H25Cl2N3OS/c1-2-3-5-12-6-4-7-22(11-12)16(23)10-21-24-13-8-14(18)17(20)15(19)9-13/h8-9,12,21H,2-7,10-11,20H2,1H3/t12-/m1/s1. The number of piperidine rings is 1. The van der Waals surface area contributed by atoms with Gasteiger partial charge < -0.3 is 10.6 Å². The molecule has 1 aromatic carbocycles. The largest absolute Gasteiger partial charge is 0.396 e. The number of carbonyl (C=O) groups is 1. The van der Waals surface area contributed by atoms with Gasteiger partial charge in [-0.2, -0.15) is 0 Å². The molecule has 1 amide bonds. The van der Waals surface area contributed by atoms with Crippen molar-refractivity contribution in [3.8, 4) is 0 Å². The van der Waals surface area contributed by atoms with Crippen molar-refractivity contribution < 1.29 is 4.79 Å². The normalized spacial score (nSPS) is 18.0. The van der Waals surface area contributed by atoms with E-state index < -0.39 is 0 Å². The molecule has 0 spiro atoms. The molecule has 1 aromatic rings. The highest BCUT2D eigenvalue weighted by Crippen LogP contribution is 2.32. The maximum Gasteiger partial charge on any atom is 0.237 e. The number of carbonyl (C=O) groups excluding carboxylic acids is 1. The highest BCUT2D eigenvalue weighted by atomic mass is 35.5. The summed E-state index contributed by atoms with van der Waals surface area (Å²) in [6.07, 6.45) is 6.05. The van der Waals surface area contributed by atoms with E-state index in [1.807, 2.05) is 4.90 Å². The van der Waals surface area contributed by atoms with Gasteiger partial charge in [-0.3, -0.25) is 9.52 Å². The molecule has 1 aliphatic rings. The number of nitrogens with one attached hydrogen (secondary N) is 1. The first-order valence-corrected chi connectivity index (χ1v) is 10.0. The van der Waals surface area contributed by atoms with Gasteiger partial charge in [-0.15, -0.1) is 0 Å². The van der Waals surface area contributed by atoms with Crippen LogP contribution in [0.1, 0.15) is 39.0 Å². The fourth-order valence-corrected chi connectivity index (χ4v) is 4.27. The Morgan fingerprint density at radius 1 is 1.42 bits per heavy atom. The Balaban J connectivity index is 1.78. The number of likely N-dealkylation sites (tertiary alicyclic amines) is 1. The average Bonchev–Trinajstić information content (AvgIpc) is 2.58. The molecule has 1 aliphatic heterocycles. The number of nitrogens with two attached hydrogens (primary N) is 1.